The highest BCUT2D eigenvalue weighted by atomic mass is 32.2. The Morgan fingerprint density at radius 3 is 2.47 bits per heavy atom. The second-order valence-corrected chi connectivity index (χ2v) is 5.99. The molecule has 1 rings (SSSR count). The first kappa shape index (κ1) is 13.4. The van der Waals surface area contributed by atoms with Gasteiger partial charge in [-0.05, 0) is 12.5 Å². The minimum Gasteiger partial charge on any atom is -0.480 e. The molecule has 0 aliphatic heterocycles. The van der Waals surface area contributed by atoms with Gasteiger partial charge in [-0.2, -0.15) is 0 Å². The van der Waals surface area contributed by atoms with Gasteiger partial charge in [-0.3, -0.25) is 4.79 Å². The molecule has 17 heavy (non-hydrogen) atoms. The molecule has 0 amide bonds. The lowest BCUT2D eigenvalue weighted by molar-refractivity contribution is -0.136. The molecule has 1 aromatic carbocycles. The SMILES string of the molecule is CC(C(=O)O)S(=O)(=O)CC=Cc1ccccc1. The quantitative estimate of drug-likeness (QED) is 0.866. The Morgan fingerprint density at radius 2 is 1.94 bits per heavy atom. The van der Waals surface area contributed by atoms with E-state index in [1.54, 1.807) is 6.08 Å². The van der Waals surface area contributed by atoms with Crippen molar-refractivity contribution in [1.29, 1.82) is 0 Å². The predicted molar refractivity (Wildman–Crippen MR) is 66.4 cm³/mol. The molecule has 5 heteroatoms. The molecule has 1 unspecified atom stereocenters. The normalized spacial score (nSPS) is 13.7. The van der Waals surface area contributed by atoms with Gasteiger partial charge in [-0.1, -0.05) is 42.5 Å². The Labute approximate surface area is 101 Å². The van der Waals surface area contributed by atoms with E-state index in [9.17, 15) is 13.2 Å². The number of hydrogen-bond donors (Lipinski definition) is 1. The van der Waals surface area contributed by atoms with E-state index in [0.717, 1.165) is 5.56 Å². The number of benzene rings is 1. The number of carbonyl (C=O) groups is 1. The fourth-order valence-corrected chi connectivity index (χ4v) is 2.14. The highest BCUT2D eigenvalue weighted by Crippen LogP contribution is 2.05. The van der Waals surface area contributed by atoms with E-state index in [1.165, 1.54) is 13.0 Å². The maximum Gasteiger partial charge on any atom is 0.321 e. The summed E-state index contributed by atoms with van der Waals surface area (Å²) >= 11 is 0. The van der Waals surface area contributed by atoms with E-state index >= 15 is 0 Å². The summed E-state index contributed by atoms with van der Waals surface area (Å²) in [7, 11) is -3.62. The Balaban J connectivity index is 2.68. The van der Waals surface area contributed by atoms with E-state index in [1.807, 2.05) is 30.3 Å². The fourth-order valence-electron chi connectivity index (χ4n) is 1.18. The predicted octanol–water partition coefficient (Wildman–Crippen LogP) is 1.59. The first-order valence-electron chi connectivity index (χ1n) is 5.09. The second kappa shape index (κ2) is 5.63. The van der Waals surface area contributed by atoms with Crippen LogP contribution < -0.4 is 0 Å². The molecule has 1 atom stereocenters. The summed E-state index contributed by atoms with van der Waals surface area (Å²) < 4.78 is 23.1. The molecule has 92 valence electrons. The molecule has 1 aromatic rings. The van der Waals surface area contributed by atoms with Crippen molar-refractivity contribution < 1.29 is 18.3 Å². The molecule has 0 fully saturated rings. The van der Waals surface area contributed by atoms with Gasteiger partial charge in [0.2, 0.25) is 0 Å². The van der Waals surface area contributed by atoms with Gasteiger partial charge in [-0.15, -0.1) is 0 Å². The molecule has 0 saturated carbocycles. The maximum absolute atomic E-state index is 11.5. The van der Waals surface area contributed by atoms with Gasteiger partial charge >= 0.3 is 5.97 Å². The first-order chi connectivity index (χ1) is 7.93. The average Bonchev–Trinajstić information content (AvgIpc) is 2.29. The smallest absolute Gasteiger partial charge is 0.321 e. The molecule has 0 aromatic heterocycles. The zero-order valence-corrected chi connectivity index (χ0v) is 10.2. The van der Waals surface area contributed by atoms with Crippen LogP contribution in [0.3, 0.4) is 0 Å². The van der Waals surface area contributed by atoms with Crippen molar-refractivity contribution >= 4 is 21.9 Å². The van der Waals surface area contributed by atoms with Crippen LogP contribution in [0.5, 0.6) is 0 Å². The Morgan fingerprint density at radius 1 is 1.35 bits per heavy atom. The van der Waals surface area contributed by atoms with Gasteiger partial charge in [0.1, 0.15) is 0 Å². The van der Waals surface area contributed by atoms with Crippen LogP contribution in [0.2, 0.25) is 0 Å². The molecule has 1 N–H and O–H groups in total. The van der Waals surface area contributed by atoms with Crippen molar-refractivity contribution in [2.24, 2.45) is 0 Å². The highest BCUT2D eigenvalue weighted by molar-refractivity contribution is 7.92. The number of rotatable bonds is 5. The fraction of sp³-hybridized carbons (Fsp3) is 0.250. The van der Waals surface area contributed by atoms with Gasteiger partial charge in [0.15, 0.2) is 15.1 Å². The van der Waals surface area contributed by atoms with Crippen LogP contribution in [-0.2, 0) is 14.6 Å². The standard InChI is InChI=1S/C12H14O4S/c1-10(12(13)14)17(15,16)9-5-8-11-6-3-2-4-7-11/h2-8,10H,9H2,1H3,(H,13,14). The molecule has 0 bridgehead atoms. The molecular weight excluding hydrogens is 240 g/mol. The minimum atomic E-state index is -3.62. The summed E-state index contributed by atoms with van der Waals surface area (Å²) in [5.41, 5.74) is 0.880. The molecule has 0 spiro atoms. The molecule has 4 nitrogen and oxygen atoms in total. The summed E-state index contributed by atoms with van der Waals surface area (Å²) in [5, 5.41) is 7.26. The second-order valence-electron chi connectivity index (χ2n) is 3.62. The number of hydrogen-bond acceptors (Lipinski definition) is 3. The van der Waals surface area contributed by atoms with Gasteiger partial charge in [0.05, 0.1) is 5.75 Å². The van der Waals surface area contributed by atoms with Crippen molar-refractivity contribution in [3.8, 4) is 0 Å². The monoisotopic (exact) mass is 254 g/mol. The molecule has 0 saturated heterocycles. The zero-order valence-electron chi connectivity index (χ0n) is 9.41. The van der Waals surface area contributed by atoms with Crippen LogP contribution in [0.1, 0.15) is 12.5 Å². The molecule has 0 heterocycles. The zero-order chi connectivity index (χ0) is 12.9. The van der Waals surface area contributed by atoms with Crippen LogP contribution in [0, 0.1) is 0 Å². The summed E-state index contributed by atoms with van der Waals surface area (Å²) in [5.74, 6) is -1.59. The number of sulfone groups is 1. The van der Waals surface area contributed by atoms with Crippen LogP contribution >= 0.6 is 0 Å². The molecule has 0 radical (unpaired) electrons. The third-order valence-electron chi connectivity index (χ3n) is 2.32. The van der Waals surface area contributed by atoms with Gasteiger partial charge in [0, 0.05) is 0 Å². The van der Waals surface area contributed by atoms with Gasteiger partial charge in [-0.25, -0.2) is 8.42 Å². The topological polar surface area (TPSA) is 71.4 Å². The van der Waals surface area contributed by atoms with Crippen LogP contribution in [0.25, 0.3) is 6.08 Å². The highest BCUT2D eigenvalue weighted by Gasteiger charge is 2.25. The Kier molecular flexibility index (Phi) is 4.45. The Hall–Kier alpha value is -1.62. The molecule has 0 aliphatic carbocycles. The van der Waals surface area contributed by atoms with Crippen molar-refractivity contribution in [1.82, 2.24) is 0 Å². The summed E-state index contributed by atoms with van der Waals surface area (Å²) in [6.07, 6.45) is 3.12. The number of carboxylic acid groups (broad SMARTS) is 1. The largest absolute Gasteiger partial charge is 0.480 e. The molecular formula is C12H14O4S. The van der Waals surface area contributed by atoms with Crippen LogP contribution in [-0.4, -0.2) is 30.5 Å². The van der Waals surface area contributed by atoms with Crippen molar-refractivity contribution in [3.63, 3.8) is 0 Å². The lowest BCUT2D eigenvalue weighted by Crippen LogP contribution is -2.28. The van der Waals surface area contributed by atoms with E-state index in [0.29, 0.717) is 0 Å². The van der Waals surface area contributed by atoms with E-state index in [2.05, 4.69) is 0 Å². The number of aliphatic carboxylic acids is 1. The molecule has 0 aliphatic rings. The van der Waals surface area contributed by atoms with E-state index in [4.69, 9.17) is 5.11 Å². The van der Waals surface area contributed by atoms with Crippen molar-refractivity contribution in [2.75, 3.05) is 5.75 Å². The summed E-state index contributed by atoms with van der Waals surface area (Å²) in [6.45, 7) is 1.17. The third-order valence-corrected chi connectivity index (χ3v) is 4.26. The van der Waals surface area contributed by atoms with Gasteiger partial charge < -0.3 is 5.11 Å². The van der Waals surface area contributed by atoms with Gasteiger partial charge in [0.25, 0.3) is 0 Å². The van der Waals surface area contributed by atoms with Crippen molar-refractivity contribution in [2.45, 2.75) is 12.2 Å². The third kappa shape index (κ3) is 4.03. The van der Waals surface area contributed by atoms with Crippen LogP contribution in [0.15, 0.2) is 36.4 Å². The summed E-state index contributed by atoms with van der Waals surface area (Å²) in [6, 6.07) is 9.22. The summed E-state index contributed by atoms with van der Waals surface area (Å²) in [4.78, 5) is 10.6. The van der Waals surface area contributed by atoms with Crippen molar-refractivity contribution in [3.05, 3.63) is 42.0 Å². The first-order valence-corrected chi connectivity index (χ1v) is 6.81. The average molecular weight is 254 g/mol. The lowest BCUT2D eigenvalue weighted by Gasteiger charge is -2.05. The minimum absolute atomic E-state index is 0.268. The lowest BCUT2D eigenvalue weighted by atomic mass is 10.2. The maximum atomic E-state index is 11.5. The number of carboxylic acids is 1. The Bertz CT molecular complexity index is 503. The van der Waals surface area contributed by atoms with Crippen LogP contribution in [0.4, 0.5) is 0 Å². The van der Waals surface area contributed by atoms with E-state index in [-0.39, 0.29) is 5.75 Å². The van der Waals surface area contributed by atoms with E-state index < -0.39 is 21.1 Å².